The van der Waals surface area contributed by atoms with E-state index in [4.69, 9.17) is 4.42 Å². The molecule has 0 bridgehead atoms. The number of benzene rings is 11. The Morgan fingerprint density at radius 3 is 1.79 bits per heavy atom. The van der Waals surface area contributed by atoms with Crippen molar-refractivity contribution in [2.45, 2.75) is 24.2 Å². The van der Waals surface area contributed by atoms with Gasteiger partial charge in [-0.25, -0.2) is 0 Å². The van der Waals surface area contributed by atoms with Gasteiger partial charge in [0.1, 0.15) is 11.2 Å². The molecule has 13 aromatic rings. The molecule has 0 amide bonds. The molecule has 0 N–H and O–H groups in total. The van der Waals surface area contributed by atoms with Crippen molar-refractivity contribution in [3.8, 4) is 27.9 Å². The molecule has 330 valence electrons. The Morgan fingerprint density at radius 2 is 1.03 bits per heavy atom. The van der Waals surface area contributed by atoms with E-state index in [1.165, 1.54) is 88.3 Å². The predicted octanol–water partition coefficient (Wildman–Crippen LogP) is 17.6. The van der Waals surface area contributed by atoms with Crippen LogP contribution in [-0.4, -0.2) is 4.57 Å². The molecular weight excluding hydrogens is 847 g/mol. The Bertz CT molecular complexity index is 4060. The number of aromatic nitrogens is 1. The van der Waals surface area contributed by atoms with Crippen LogP contribution in [0.5, 0.6) is 0 Å². The number of fused-ring (bicyclic) bond motifs is 10. The molecule has 70 heavy (non-hydrogen) atoms. The van der Waals surface area contributed by atoms with Crippen molar-refractivity contribution in [2.75, 3.05) is 0 Å². The molecular formula is C68H47NO. The molecule has 2 heterocycles. The average Bonchev–Trinajstić information content (AvgIpc) is 4.08. The smallest absolute Gasteiger partial charge is 0.138 e. The van der Waals surface area contributed by atoms with Crippen LogP contribution in [0.1, 0.15) is 51.3 Å². The Labute approximate surface area is 407 Å². The summed E-state index contributed by atoms with van der Waals surface area (Å²) in [6.07, 6.45) is 1.80. The fraction of sp³-hybridized carbons (Fsp3) is 0.0588. The van der Waals surface area contributed by atoms with Crippen LogP contribution in [0, 0.1) is 0 Å². The van der Waals surface area contributed by atoms with Crippen LogP contribution in [0.3, 0.4) is 0 Å². The molecule has 2 nitrogen and oxygen atoms in total. The Kier molecular flexibility index (Phi) is 9.35. The van der Waals surface area contributed by atoms with Gasteiger partial charge in [0.15, 0.2) is 0 Å². The van der Waals surface area contributed by atoms with Crippen molar-refractivity contribution in [2.24, 2.45) is 0 Å². The number of rotatable bonds is 9. The van der Waals surface area contributed by atoms with E-state index < -0.39 is 5.41 Å². The van der Waals surface area contributed by atoms with Gasteiger partial charge in [-0.3, -0.25) is 0 Å². The van der Waals surface area contributed by atoms with Crippen LogP contribution in [0.25, 0.3) is 82.5 Å². The van der Waals surface area contributed by atoms with Gasteiger partial charge in [-0.2, -0.15) is 0 Å². The fourth-order valence-electron chi connectivity index (χ4n) is 12.4. The highest BCUT2D eigenvalue weighted by atomic mass is 16.3. The van der Waals surface area contributed by atoms with Gasteiger partial charge in [0.25, 0.3) is 0 Å². The largest absolute Gasteiger partial charge is 0.456 e. The molecule has 2 heteroatoms. The summed E-state index contributed by atoms with van der Waals surface area (Å²) in [6, 6.07) is 94.2. The molecule has 0 aliphatic heterocycles. The molecule has 2 aromatic heterocycles. The minimum absolute atomic E-state index is 0.161. The summed E-state index contributed by atoms with van der Waals surface area (Å²) in [4.78, 5) is 0. The van der Waals surface area contributed by atoms with Crippen LogP contribution in [-0.2, 0) is 11.8 Å². The number of furan rings is 1. The van der Waals surface area contributed by atoms with Crippen LogP contribution in [0.15, 0.2) is 259 Å². The number of aryl methyl sites for hydroxylation is 1. The lowest BCUT2D eigenvalue weighted by Crippen LogP contribution is -2.28. The monoisotopic (exact) mass is 893 g/mol. The van der Waals surface area contributed by atoms with Gasteiger partial charge in [0, 0.05) is 44.8 Å². The van der Waals surface area contributed by atoms with E-state index in [-0.39, 0.29) is 5.92 Å². The summed E-state index contributed by atoms with van der Waals surface area (Å²) in [6.45, 7) is 0. The van der Waals surface area contributed by atoms with E-state index in [1.54, 1.807) is 0 Å². The summed E-state index contributed by atoms with van der Waals surface area (Å²) in [5.74, 6) is 0.161. The lowest BCUT2D eigenvalue weighted by atomic mass is 9.67. The fourth-order valence-corrected chi connectivity index (χ4v) is 12.4. The third-order valence-electron chi connectivity index (χ3n) is 15.4. The zero-order valence-electron chi connectivity index (χ0n) is 38.6. The van der Waals surface area contributed by atoms with Crippen molar-refractivity contribution < 1.29 is 4.42 Å². The number of hydrogen-bond acceptors (Lipinski definition) is 1. The first-order valence-electron chi connectivity index (χ1n) is 24.6. The SMILES string of the molecule is c1ccc(-c2c3c(cc4c2c2cccc(CCC(c5ccccc5)c5ccc(C6(c7ccccc7)c7ccccc7-c7ccccc76)cc5)c2n4-c2ccc4ccccc4c2)oc2ccccc23)cc1. The highest BCUT2D eigenvalue weighted by molar-refractivity contribution is 6.27. The van der Waals surface area contributed by atoms with Crippen molar-refractivity contribution in [1.29, 1.82) is 0 Å². The van der Waals surface area contributed by atoms with Crippen molar-refractivity contribution in [3.05, 3.63) is 294 Å². The normalized spacial score (nSPS) is 13.3. The minimum atomic E-state index is -0.438. The first-order chi connectivity index (χ1) is 34.7. The van der Waals surface area contributed by atoms with Crippen molar-refractivity contribution in [3.63, 3.8) is 0 Å². The summed E-state index contributed by atoms with van der Waals surface area (Å²) in [5.41, 5.74) is 19.1. The molecule has 0 spiro atoms. The zero-order valence-corrected chi connectivity index (χ0v) is 38.6. The molecule has 0 fully saturated rings. The Morgan fingerprint density at radius 1 is 0.429 bits per heavy atom. The molecule has 14 rings (SSSR count). The summed E-state index contributed by atoms with van der Waals surface area (Å²) >= 11 is 0. The quantitative estimate of drug-likeness (QED) is 0.141. The Balaban J connectivity index is 0.949. The van der Waals surface area contributed by atoms with Gasteiger partial charge < -0.3 is 8.98 Å². The van der Waals surface area contributed by atoms with E-state index in [2.05, 4.69) is 259 Å². The van der Waals surface area contributed by atoms with E-state index in [0.717, 1.165) is 46.0 Å². The second-order valence-electron chi connectivity index (χ2n) is 19.0. The standard InChI is InChI=1S/C68H47NO/c1-4-20-46(21-5-1)54(47-35-39-52(40-36-47)68(51-26-8-3-9-27-51)59-32-15-12-28-55(59)56-29-13-16-33-60(56)68)42-38-49-25-18-31-58-65-61(69(67(49)58)53-41-37-45-19-10-11-24-50(45)43-53)44-63-66(57-30-14-17-34-62(57)70-63)64(65)48-22-6-2-7-23-48/h1-37,39-41,43-44,54H,38,42H2. The van der Waals surface area contributed by atoms with Crippen LogP contribution in [0.2, 0.25) is 0 Å². The van der Waals surface area contributed by atoms with E-state index in [9.17, 15) is 0 Å². The second kappa shape index (κ2) is 16.2. The molecule has 1 atom stereocenters. The molecule has 0 radical (unpaired) electrons. The lowest BCUT2D eigenvalue weighted by molar-refractivity contribution is 0.669. The summed E-state index contributed by atoms with van der Waals surface area (Å²) in [5, 5.41) is 7.22. The minimum Gasteiger partial charge on any atom is -0.456 e. The molecule has 11 aromatic carbocycles. The van der Waals surface area contributed by atoms with Crippen LogP contribution >= 0.6 is 0 Å². The van der Waals surface area contributed by atoms with Gasteiger partial charge in [-0.1, -0.05) is 231 Å². The number of para-hydroxylation sites is 2. The summed E-state index contributed by atoms with van der Waals surface area (Å²) < 4.78 is 9.31. The zero-order chi connectivity index (χ0) is 46.2. The highest BCUT2D eigenvalue weighted by Gasteiger charge is 2.45. The lowest BCUT2D eigenvalue weighted by Gasteiger charge is -2.34. The van der Waals surface area contributed by atoms with E-state index >= 15 is 0 Å². The van der Waals surface area contributed by atoms with Crippen LogP contribution in [0.4, 0.5) is 0 Å². The van der Waals surface area contributed by atoms with E-state index in [0.29, 0.717) is 0 Å². The Hall–Kier alpha value is -8.72. The topological polar surface area (TPSA) is 18.1 Å². The van der Waals surface area contributed by atoms with Gasteiger partial charge in [-0.15, -0.1) is 0 Å². The second-order valence-corrected chi connectivity index (χ2v) is 19.0. The van der Waals surface area contributed by atoms with Gasteiger partial charge in [0.05, 0.1) is 16.4 Å². The van der Waals surface area contributed by atoms with E-state index in [1.807, 2.05) is 0 Å². The van der Waals surface area contributed by atoms with Gasteiger partial charge >= 0.3 is 0 Å². The third kappa shape index (κ3) is 6.13. The molecule has 1 aliphatic carbocycles. The molecule has 0 saturated carbocycles. The molecule has 1 unspecified atom stereocenters. The maximum Gasteiger partial charge on any atom is 0.138 e. The van der Waals surface area contributed by atoms with Crippen molar-refractivity contribution >= 4 is 54.5 Å². The maximum absolute atomic E-state index is 6.78. The van der Waals surface area contributed by atoms with Crippen LogP contribution < -0.4 is 0 Å². The third-order valence-corrected chi connectivity index (χ3v) is 15.4. The molecule has 1 aliphatic rings. The maximum atomic E-state index is 6.78. The first kappa shape index (κ1) is 40.4. The van der Waals surface area contributed by atoms with Gasteiger partial charge in [-0.05, 0) is 97.4 Å². The van der Waals surface area contributed by atoms with Gasteiger partial charge in [0.2, 0.25) is 0 Å². The predicted molar refractivity (Wildman–Crippen MR) is 291 cm³/mol. The highest BCUT2D eigenvalue weighted by Crippen LogP contribution is 2.56. The van der Waals surface area contributed by atoms with Crippen molar-refractivity contribution in [1.82, 2.24) is 4.57 Å². The number of hydrogen-bond donors (Lipinski definition) is 0. The number of nitrogens with zero attached hydrogens (tertiary/aromatic N) is 1. The summed E-state index contributed by atoms with van der Waals surface area (Å²) in [7, 11) is 0. The average molecular weight is 894 g/mol. The first-order valence-corrected chi connectivity index (χ1v) is 24.6. The molecule has 0 saturated heterocycles.